The van der Waals surface area contributed by atoms with Crippen molar-refractivity contribution in [1.82, 2.24) is 4.90 Å². The van der Waals surface area contributed by atoms with Crippen molar-refractivity contribution < 1.29 is 9.63 Å². The summed E-state index contributed by atoms with van der Waals surface area (Å²) in [5.41, 5.74) is 2.17. The van der Waals surface area contributed by atoms with Crippen molar-refractivity contribution >= 4 is 23.2 Å². The molecule has 22 heavy (non-hydrogen) atoms. The largest absolute Gasteiger partial charge is 0.387 e. The first-order valence-corrected chi connectivity index (χ1v) is 8.18. The summed E-state index contributed by atoms with van der Waals surface area (Å²) in [4.78, 5) is 19.2. The molecule has 2 heterocycles. The third-order valence-electron chi connectivity index (χ3n) is 5.30. The average molecular weight is 319 g/mol. The van der Waals surface area contributed by atoms with Gasteiger partial charge in [-0.2, -0.15) is 0 Å². The molecule has 1 spiro atoms. The molecular formula is C17H19ClN2O2. The molecule has 1 aromatic carbocycles. The Hall–Kier alpha value is -1.55. The van der Waals surface area contributed by atoms with Crippen LogP contribution in [0.4, 0.5) is 0 Å². The zero-order valence-corrected chi connectivity index (χ0v) is 13.4. The lowest BCUT2D eigenvalue weighted by Crippen LogP contribution is -2.36. The number of rotatable bonds is 2. The van der Waals surface area contributed by atoms with Gasteiger partial charge in [0, 0.05) is 36.7 Å². The summed E-state index contributed by atoms with van der Waals surface area (Å²) in [5.74, 6) is 0.118. The summed E-state index contributed by atoms with van der Waals surface area (Å²) >= 11 is 5.99. The van der Waals surface area contributed by atoms with Crippen LogP contribution in [0.5, 0.6) is 0 Å². The predicted octanol–water partition coefficient (Wildman–Crippen LogP) is 3.14. The monoisotopic (exact) mass is 318 g/mol. The van der Waals surface area contributed by atoms with Crippen molar-refractivity contribution in [2.24, 2.45) is 5.16 Å². The molecule has 2 fully saturated rings. The highest BCUT2D eigenvalue weighted by Gasteiger charge is 2.56. The molecule has 4 rings (SSSR count). The van der Waals surface area contributed by atoms with Crippen molar-refractivity contribution in [3.05, 3.63) is 34.9 Å². The number of amides is 1. The molecular weight excluding hydrogens is 300 g/mol. The molecule has 0 aromatic heterocycles. The van der Waals surface area contributed by atoms with E-state index in [9.17, 15) is 4.79 Å². The molecule has 0 radical (unpaired) electrons. The van der Waals surface area contributed by atoms with Gasteiger partial charge >= 0.3 is 0 Å². The fourth-order valence-corrected chi connectivity index (χ4v) is 3.87. The van der Waals surface area contributed by atoms with Gasteiger partial charge in [0.1, 0.15) is 0 Å². The second-order valence-corrected chi connectivity index (χ2v) is 7.21. The fraction of sp³-hybridized carbons (Fsp3) is 0.529. The van der Waals surface area contributed by atoms with E-state index in [0.29, 0.717) is 6.54 Å². The minimum atomic E-state index is -0.289. The fourth-order valence-electron chi connectivity index (χ4n) is 3.75. The summed E-state index contributed by atoms with van der Waals surface area (Å²) < 4.78 is 0. The van der Waals surface area contributed by atoms with E-state index in [1.807, 2.05) is 17.0 Å². The van der Waals surface area contributed by atoms with E-state index in [-0.39, 0.29) is 16.9 Å². The van der Waals surface area contributed by atoms with Gasteiger partial charge in [0.2, 0.25) is 5.91 Å². The lowest BCUT2D eigenvalue weighted by molar-refractivity contribution is -0.129. The van der Waals surface area contributed by atoms with E-state index in [1.54, 1.807) is 6.92 Å². The van der Waals surface area contributed by atoms with Crippen LogP contribution in [0.15, 0.2) is 29.4 Å². The maximum Gasteiger partial charge on any atom is 0.219 e. The first-order valence-electron chi connectivity index (χ1n) is 7.80. The van der Waals surface area contributed by atoms with Gasteiger partial charge in [-0.25, -0.2) is 0 Å². The van der Waals surface area contributed by atoms with Crippen LogP contribution in [0, 0.1) is 0 Å². The third-order valence-corrected chi connectivity index (χ3v) is 5.55. The first-order chi connectivity index (χ1) is 10.5. The lowest BCUT2D eigenvalue weighted by Gasteiger charge is -2.22. The van der Waals surface area contributed by atoms with Crippen LogP contribution < -0.4 is 0 Å². The SMILES string of the molecule is CC(=O)N1CCC2(CC(C3(c4ccc(Cl)cc4)CC3)=NO2)C1. The number of likely N-dealkylation sites (tertiary alicyclic amines) is 1. The Balaban J connectivity index is 1.53. The van der Waals surface area contributed by atoms with Crippen LogP contribution in [0.3, 0.4) is 0 Å². The van der Waals surface area contributed by atoms with E-state index in [0.717, 1.165) is 43.0 Å². The molecule has 1 saturated heterocycles. The van der Waals surface area contributed by atoms with Crippen LogP contribution in [-0.4, -0.2) is 35.2 Å². The van der Waals surface area contributed by atoms with E-state index in [2.05, 4.69) is 17.3 Å². The first kappa shape index (κ1) is 14.1. The number of hydrogen-bond acceptors (Lipinski definition) is 3. The van der Waals surface area contributed by atoms with Gasteiger partial charge in [-0.3, -0.25) is 4.79 Å². The van der Waals surface area contributed by atoms with E-state index in [1.165, 1.54) is 5.56 Å². The van der Waals surface area contributed by atoms with Crippen molar-refractivity contribution in [2.75, 3.05) is 13.1 Å². The Bertz CT molecular complexity index is 651. The van der Waals surface area contributed by atoms with Gasteiger partial charge in [-0.15, -0.1) is 0 Å². The van der Waals surface area contributed by atoms with Gasteiger partial charge < -0.3 is 9.74 Å². The Morgan fingerprint density at radius 1 is 1.27 bits per heavy atom. The molecule has 116 valence electrons. The molecule has 1 saturated carbocycles. The zero-order chi connectivity index (χ0) is 15.4. The standard InChI is InChI=1S/C17H19ClN2O2/c1-12(21)20-9-8-16(11-20)10-15(19-22-16)17(6-7-17)13-2-4-14(18)5-3-13/h2-5H,6-11H2,1H3. The van der Waals surface area contributed by atoms with Crippen molar-refractivity contribution in [3.8, 4) is 0 Å². The Morgan fingerprint density at radius 2 is 2.00 bits per heavy atom. The third kappa shape index (κ3) is 2.12. The number of benzene rings is 1. The van der Waals surface area contributed by atoms with Gasteiger partial charge in [0.15, 0.2) is 5.60 Å². The van der Waals surface area contributed by atoms with Crippen LogP contribution in [-0.2, 0) is 15.0 Å². The van der Waals surface area contributed by atoms with E-state index >= 15 is 0 Å². The Kier molecular flexibility index (Phi) is 3.02. The summed E-state index contributed by atoms with van der Waals surface area (Å²) in [5, 5.41) is 5.20. The van der Waals surface area contributed by atoms with Gasteiger partial charge in [-0.1, -0.05) is 28.9 Å². The minimum Gasteiger partial charge on any atom is -0.387 e. The summed E-state index contributed by atoms with van der Waals surface area (Å²) in [6.07, 6.45) is 3.93. The number of carbonyl (C=O) groups is 1. The molecule has 1 unspecified atom stereocenters. The van der Waals surface area contributed by atoms with Gasteiger partial charge in [-0.05, 0) is 30.5 Å². The maximum absolute atomic E-state index is 11.6. The molecule has 5 heteroatoms. The number of nitrogens with zero attached hydrogens (tertiary/aromatic N) is 2. The van der Waals surface area contributed by atoms with Gasteiger partial charge in [0.05, 0.1) is 12.3 Å². The highest BCUT2D eigenvalue weighted by atomic mass is 35.5. The number of hydrogen-bond donors (Lipinski definition) is 0. The molecule has 1 atom stereocenters. The number of carbonyl (C=O) groups excluding carboxylic acids is 1. The molecule has 0 bridgehead atoms. The quantitative estimate of drug-likeness (QED) is 0.840. The van der Waals surface area contributed by atoms with Crippen molar-refractivity contribution in [3.63, 3.8) is 0 Å². The predicted molar refractivity (Wildman–Crippen MR) is 85.1 cm³/mol. The zero-order valence-electron chi connectivity index (χ0n) is 12.6. The van der Waals surface area contributed by atoms with Gasteiger partial charge in [0.25, 0.3) is 0 Å². The highest BCUT2D eigenvalue weighted by molar-refractivity contribution is 6.30. The molecule has 3 aliphatic rings. The second kappa shape index (κ2) is 4.72. The molecule has 4 nitrogen and oxygen atoms in total. The van der Waals surface area contributed by atoms with Crippen LogP contribution in [0.25, 0.3) is 0 Å². The normalized spacial score (nSPS) is 28.6. The summed E-state index contributed by atoms with van der Waals surface area (Å²) in [6.45, 7) is 3.05. The molecule has 2 aliphatic heterocycles. The van der Waals surface area contributed by atoms with Crippen LogP contribution in [0.2, 0.25) is 5.02 Å². The topological polar surface area (TPSA) is 41.9 Å². The van der Waals surface area contributed by atoms with Crippen LogP contribution >= 0.6 is 11.6 Å². The van der Waals surface area contributed by atoms with E-state index < -0.39 is 0 Å². The Morgan fingerprint density at radius 3 is 2.59 bits per heavy atom. The molecule has 1 aliphatic carbocycles. The lowest BCUT2D eigenvalue weighted by atomic mass is 9.84. The Labute approximate surface area is 135 Å². The molecule has 1 amide bonds. The summed E-state index contributed by atoms with van der Waals surface area (Å²) in [7, 11) is 0. The molecule has 1 aromatic rings. The molecule has 0 N–H and O–H groups in total. The minimum absolute atomic E-state index is 0.0394. The summed E-state index contributed by atoms with van der Waals surface area (Å²) in [6, 6.07) is 8.07. The van der Waals surface area contributed by atoms with Crippen molar-refractivity contribution in [2.45, 2.75) is 43.6 Å². The van der Waals surface area contributed by atoms with Crippen molar-refractivity contribution in [1.29, 1.82) is 0 Å². The smallest absolute Gasteiger partial charge is 0.219 e. The highest BCUT2D eigenvalue weighted by Crippen LogP contribution is 2.53. The number of halogens is 1. The van der Waals surface area contributed by atoms with E-state index in [4.69, 9.17) is 16.4 Å². The second-order valence-electron chi connectivity index (χ2n) is 6.77. The van der Waals surface area contributed by atoms with Crippen LogP contribution in [0.1, 0.15) is 38.2 Å². The maximum atomic E-state index is 11.6. The number of oxime groups is 1. The average Bonchev–Trinajstić information content (AvgIpc) is 3.04.